The highest BCUT2D eigenvalue weighted by Gasteiger charge is 2.28. The third kappa shape index (κ3) is 9.05. The first kappa shape index (κ1) is 26.6. The molecule has 33 heavy (non-hydrogen) atoms. The van der Waals surface area contributed by atoms with Gasteiger partial charge in [0.05, 0.1) is 11.5 Å². The van der Waals surface area contributed by atoms with Crippen molar-refractivity contribution in [2.45, 2.75) is 18.2 Å². The number of rotatable bonds is 9. The van der Waals surface area contributed by atoms with Gasteiger partial charge < -0.3 is 25.6 Å². The molecule has 0 aliphatic heterocycles. The molecule has 178 valence electrons. The van der Waals surface area contributed by atoms with Crippen molar-refractivity contribution in [3.8, 4) is 11.5 Å². The Labute approximate surface area is 187 Å². The molecule has 0 aliphatic carbocycles. The molecule has 16 heteroatoms. The monoisotopic (exact) mass is 484 g/mol. The van der Waals surface area contributed by atoms with Crippen LogP contribution in [-0.2, 0) is 10.1 Å². The van der Waals surface area contributed by atoms with Crippen LogP contribution in [0.3, 0.4) is 0 Å². The average molecular weight is 484 g/mol. The molecule has 0 heterocycles. The van der Waals surface area contributed by atoms with E-state index in [0.29, 0.717) is 17.7 Å². The molecule has 2 aromatic carbocycles. The molecule has 0 unspecified atom stereocenters. The van der Waals surface area contributed by atoms with Gasteiger partial charge in [-0.1, -0.05) is 18.2 Å². The summed E-state index contributed by atoms with van der Waals surface area (Å²) in [4.78, 5) is 18.1. The Bertz CT molecular complexity index is 1140. The Morgan fingerprint density at radius 1 is 1.12 bits per heavy atom. The molecule has 0 bridgehead atoms. The van der Waals surface area contributed by atoms with Gasteiger partial charge in [0.25, 0.3) is 10.8 Å². The second-order valence-corrected chi connectivity index (χ2v) is 7.35. The van der Waals surface area contributed by atoms with Crippen molar-refractivity contribution < 1.29 is 32.6 Å². The van der Waals surface area contributed by atoms with Gasteiger partial charge in [-0.15, -0.1) is 15.2 Å². The molecule has 0 aromatic heterocycles. The van der Waals surface area contributed by atoms with Gasteiger partial charge in [-0.2, -0.15) is 13.5 Å². The van der Waals surface area contributed by atoms with Gasteiger partial charge in [0.15, 0.2) is 4.90 Å². The van der Waals surface area contributed by atoms with Crippen molar-refractivity contribution in [3.05, 3.63) is 68.3 Å². The van der Waals surface area contributed by atoms with Crippen molar-refractivity contribution in [2.24, 2.45) is 21.7 Å². The molecule has 2 rings (SSSR count). The van der Waals surface area contributed by atoms with Crippen molar-refractivity contribution in [3.63, 3.8) is 0 Å². The Morgan fingerprint density at radius 2 is 1.73 bits per heavy atom. The minimum absolute atomic E-state index is 0.00479. The highest BCUT2D eigenvalue weighted by molar-refractivity contribution is 7.87. The Morgan fingerprint density at radius 3 is 2.33 bits per heavy atom. The van der Waals surface area contributed by atoms with Crippen molar-refractivity contribution in [2.75, 3.05) is 6.61 Å². The van der Waals surface area contributed by atoms with Gasteiger partial charge in [-0.25, -0.2) is 0 Å². The third-order valence-electron chi connectivity index (χ3n) is 3.52. The molecule has 0 fully saturated rings. The number of nitrogens with two attached hydrogens (primary N) is 2. The van der Waals surface area contributed by atoms with E-state index in [9.17, 15) is 18.5 Å². The molecule has 0 atom stereocenters. The maximum absolute atomic E-state index is 12.6. The number of hydrogen-bond acceptors (Lipinski definition) is 10. The van der Waals surface area contributed by atoms with Gasteiger partial charge in [0, 0.05) is 24.3 Å². The molecule has 0 radical (unpaired) electrons. The first-order chi connectivity index (χ1) is 15.5. The maximum Gasteiger partial charge on any atom is 0.346 e. The second-order valence-electron chi connectivity index (χ2n) is 5.84. The highest BCUT2D eigenvalue weighted by Crippen LogP contribution is 2.32. The Kier molecular flexibility index (Phi) is 9.98. The fourth-order valence-electron chi connectivity index (χ4n) is 2.21. The van der Waals surface area contributed by atoms with Crippen LogP contribution >= 0.6 is 0 Å². The SMILES string of the molecule is Cc1c(OCC/C=N\N=C(N)N)cccc1OS(=O)(=O)c1ccccc1[N+](=O)[O-].O=[N+]([O-])O. The quantitative estimate of drug-likeness (QED) is 0.115. The third-order valence-corrected chi connectivity index (χ3v) is 4.81. The van der Waals surface area contributed by atoms with Crippen LogP contribution in [0, 0.1) is 27.2 Å². The molecule has 0 aliphatic rings. The van der Waals surface area contributed by atoms with E-state index in [4.69, 9.17) is 35.7 Å². The van der Waals surface area contributed by atoms with Crippen LogP contribution < -0.4 is 20.4 Å². The molecule has 0 spiro atoms. The lowest BCUT2D eigenvalue weighted by atomic mass is 10.2. The zero-order valence-corrected chi connectivity index (χ0v) is 17.9. The van der Waals surface area contributed by atoms with Crippen molar-refractivity contribution in [1.29, 1.82) is 0 Å². The van der Waals surface area contributed by atoms with Gasteiger partial charge >= 0.3 is 10.1 Å². The van der Waals surface area contributed by atoms with Gasteiger partial charge in [0.1, 0.15) is 11.5 Å². The van der Waals surface area contributed by atoms with Gasteiger partial charge in [-0.3, -0.25) is 10.1 Å². The zero-order chi connectivity index (χ0) is 25.0. The van der Waals surface area contributed by atoms with Crippen LogP contribution in [0.25, 0.3) is 0 Å². The van der Waals surface area contributed by atoms with E-state index in [1.54, 1.807) is 19.1 Å². The molecule has 5 N–H and O–H groups in total. The number of nitro benzene ring substituents is 1. The predicted molar refractivity (Wildman–Crippen MR) is 115 cm³/mol. The van der Waals surface area contributed by atoms with E-state index in [0.717, 1.165) is 12.1 Å². The first-order valence-electron chi connectivity index (χ1n) is 8.79. The molecule has 15 nitrogen and oxygen atoms in total. The number of nitro groups is 1. The number of para-hydroxylation sites is 1. The van der Waals surface area contributed by atoms with E-state index in [-0.39, 0.29) is 18.3 Å². The van der Waals surface area contributed by atoms with E-state index in [1.807, 2.05) is 0 Å². The summed E-state index contributed by atoms with van der Waals surface area (Å²) in [6.07, 6.45) is 1.85. The first-order valence-corrected chi connectivity index (χ1v) is 10.2. The van der Waals surface area contributed by atoms with Crippen molar-refractivity contribution >= 4 is 28.0 Å². The Balaban J connectivity index is 0.00000125. The van der Waals surface area contributed by atoms with Crippen LogP contribution in [0.4, 0.5) is 5.69 Å². The van der Waals surface area contributed by atoms with E-state index < -0.39 is 30.7 Å². The largest absolute Gasteiger partial charge is 0.493 e. The molecule has 0 saturated heterocycles. The summed E-state index contributed by atoms with van der Waals surface area (Å²) in [6, 6.07) is 9.54. The van der Waals surface area contributed by atoms with Crippen LogP contribution in [-0.4, -0.2) is 42.4 Å². The lowest BCUT2D eigenvalue weighted by Gasteiger charge is -2.13. The van der Waals surface area contributed by atoms with Crippen LogP contribution in [0.2, 0.25) is 0 Å². The minimum atomic E-state index is -4.43. The summed E-state index contributed by atoms with van der Waals surface area (Å²) in [6.45, 7) is 1.83. The summed E-state index contributed by atoms with van der Waals surface area (Å²) in [5, 5.41) is 31.8. The van der Waals surface area contributed by atoms with Crippen LogP contribution in [0.15, 0.2) is 57.6 Å². The summed E-state index contributed by atoms with van der Waals surface area (Å²) in [7, 11) is -4.43. The summed E-state index contributed by atoms with van der Waals surface area (Å²) >= 11 is 0. The average Bonchev–Trinajstić information content (AvgIpc) is 2.72. The molecular formula is C17H20N6O9S. The van der Waals surface area contributed by atoms with E-state index >= 15 is 0 Å². The maximum atomic E-state index is 12.6. The highest BCUT2D eigenvalue weighted by atomic mass is 32.2. The van der Waals surface area contributed by atoms with E-state index in [2.05, 4.69) is 10.2 Å². The second kappa shape index (κ2) is 12.4. The molecule has 0 saturated carbocycles. The molecule has 0 amide bonds. The topological polar surface area (TPSA) is 236 Å². The summed E-state index contributed by atoms with van der Waals surface area (Å²) < 4.78 is 35.8. The standard InChI is InChI=1S/C17H19N5O6S.HNO3/c1-12-14(27-11-5-10-20-21-17(18)19)7-4-8-15(12)28-29(25,26)16-9-3-2-6-13(16)22(23)24;2-1(3)4/h2-4,6-10H,5,11H2,1H3,(H4,18,19,21);(H,2,3,4)/b20-10-;. The zero-order valence-electron chi connectivity index (χ0n) is 17.1. The number of hydrogen-bond donors (Lipinski definition) is 3. The lowest BCUT2D eigenvalue weighted by molar-refractivity contribution is -0.742. The number of guanidine groups is 1. The van der Waals surface area contributed by atoms with E-state index in [1.165, 1.54) is 24.4 Å². The minimum Gasteiger partial charge on any atom is -0.493 e. The van der Waals surface area contributed by atoms with Crippen LogP contribution in [0.5, 0.6) is 11.5 Å². The summed E-state index contributed by atoms with van der Waals surface area (Å²) in [5.74, 6) is 0.216. The van der Waals surface area contributed by atoms with Gasteiger partial charge in [0.2, 0.25) is 5.96 Å². The molecular weight excluding hydrogens is 464 g/mol. The number of ether oxygens (including phenoxy) is 1. The fraction of sp³-hybridized carbons (Fsp3) is 0.176. The number of benzene rings is 2. The number of nitrogens with zero attached hydrogens (tertiary/aromatic N) is 4. The smallest absolute Gasteiger partial charge is 0.346 e. The van der Waals surface area contributed by atoms with Crippen LogP contribution in [0.1, 0.15) is 12.0 Å². The van der Waals surface area contributed by atoms with Crippen molar-refractivity contribution in [1.82, 2.24) is 0 Å². The predicted octanol–water partition coefficient (Wildman–Crippen LogP) is 1.35. The lowest BCUT2D eigenvalue weighted by Crippen LogP contribution is -2.21. The molecule has 2 aromatic rings. The normalized spacial score (nSPS) is 10.6. The summed E-state index contributed by atoms with van der Waals surface area (Å²) in [5.41, 5.74) is 10.1. The van der Waals surface area contributed by atoms with Gasteiger partial charge in [-0.05, 0) is 25.1 Å². The fourth-order valence-corrected chi connectivity index (χ4v) is 3.36. The Hall–Kier alpha value is -4.47.